The van der Waals surface area contributed by atoms with Gasteiger partial charge in [-0.15, -0.1) is 0 Å². The molecule has 1 aromatic rings. The number of nitrogens with zero attached hydrogens (tertiary/aromatic N) is 1. The summed E-state index contributed by atoms with van der Waals surface area (Å²) in [7, 11) is 0. The van der Waals surface area contributed by atoms with Gasteiger partial charge in [-0.05, 0) is 73.1 Å². The molecule has 1 aliphatic heterocycles. The summed E-state index contributed by atoms with van der Waals surface area (Å²) in [5, 5.41) is 22.1. The molecule has 10 atom stereocenters. The molecule has 3 saturated carbocycles. The molecule has 4 aliphatic carbocycles. The first-order valence-electron chi connectivity index (χ1n) is 14.2. The van der Waals surface area contributed by atoms with Crippen molar-refractivity contribution in [1.29, 1.82) is 0 Å². The van der Waals surface area contributed by atoms with Gasteiger partial charge in [0.25, 0.3) is 0 Å². The summed E-state index contributed by atoms with van der Waals surface area (Å²) in [6.07, 6.45) is 1.30. The van der Waals surface area contributed by atoms with E-state index in [-0.39, 0.29) is 41.9 Å². The van der Waals surface area contributed by atoms with Crippen LogP contribution in [-0.2, 0) is 16.1 Å². The molecule has 0 aromatic heterocycles. The van der Waals surface area contributed by atoms with E-state index in [1.54, 1.807) is 6.92 Å². The van der Waals surface area contributed by atoms with E-state index in [0.717, 1.165) is 5.56 Å². The lowest BCUT2D eigenvalue weighted by molar-refractivity contribution is -0.242. The average Bonchev–Trinajstić information content (AvgIpc) is 3.29. The third-order valence-corrected chi connectivity index (χ3v) is 12.4. The zero-order valence-corrected chi connectivity index (χ0v) is 23.2. The van der Waals surface area contributed by atoms with Crippen molar-refractivity contribution in [1.82, 2.24) is 4.90 Å². The van der Waals surface area contributed by atoms with Gasteiger partial charge >= 0.3 is 0 Å². The van der Waals surface area contributed by atoms with Gasteiger partial charge in [0.05, 0.1) is 11.5 Å². The van der Waals surface area contributed by atoms with Crippen LogP contribution in [0.25, 0.3) is 0 Å². The topological polar surface area (TPSA) is 77.8 Å². The van der Waals surface area contributed by atoms with Gasteiger partial charge in [0.2, 0.25) is 0 Å². The molecule has 0 bridgehead atoms. The monoisotopic (exact) mass is 539 g/mol. The molecule has 1 saturated heterocycles. The molecule has 210 valence electrons. The Morgan fingerprint density at radius 2 is 1.85 bits per heavy atom. The summed E-state index contributed by atoms with van der Waals surface area (Å²) in [4.78, 5) is 28.3. The Balaban J connectivity index is 1.47. The number of halogens is 2. The number of aliphatic hydroxyl groups excluding tert-OH is 2. The Morgan fingerprint density at radius 3 is 2.51 bits per heavy atom. The standard InChI is InChI=1S/C32H39F2NO4/c1-19-23-14-29(3)25-13-24(33)22-12-21(37)10-11-28(22,2)32(25,34)26(38)15-30(29,4)31(23,27(39)17-36)18-35(19)16-20-8-6-5-7-9-20/h5-12,19,23-26,36,38H,13-18H2,1-4H3. The number of alkyl halides is 2. The van der Waals surface area contributed by atoms with Crippen LogP contribution in [-0.4, -0.2) is 63.8 Å². The van der Waals surface area contributed by atoms with Gasteiger partial charge in [-0.1, -0.05) is 50.3 Å². The summed E-state index contributed by atoms with van der Waals surface area (Å²) in [5.41, 5.74) is -5.16. The highest BCUT2D eigenvalue weighted by atomic mass is 19.1. The van der Waals surface area contributed by atoms with E-state index in [0.29, 0.717) is 19.5 Å². The van der Waals surface area contributed by atoms with Gasteiger partial charge in [-0.3, -0.25) is 14.5 Å². The molecule has 1 aromatic carbocycles. The van der Waals surface area contributed by atoms with E-state index in [2.05, 4.69) is 11.8 Å². The van der Waals surface area contributed by atoms with Crippen molar-refractivity contribution in [2.24, 2.45) is 33.5 Å². The van der Waals surface area contributed by atoms with Gasteiger partial charge in [0, 0.05) is 30.5 Å². The second-order valence-corrected chi connectivity index (χ2v) is 13.5. The molecule has 10 unspecified atom stereocenters. The van der Waals surface area contributed by atoms with Crippen LogP contribution in [0, 0.1) is 33.5 Å². The number of aliphatic hydroxyl groups is 2. The second kappa shape index (κ2) is 8.40. The number of fused-ring (bicyclic) bond motifs is 7. The zero-order chi connectivity index (χ0) is 28.2. The highest BCUT2D eigenvalue weighted by Crippen LogP contribution is 2.80. The number of rotatable bonds is 4. The molecule has 5 aliphatic rings. The Bertz CT molecular complexity index is 1280. The minimum absolute atomic E-state index is 0.0201. The molecule has 4 fully saturated rings. The van der Waals surface area contributed by atoms with Crippen molar-refractivity contribution in [3.8, 4) is 0 Å². The van der Waals surface area contributed by atoms with Crippen LogP contribution in [0.3, 0.4) is 0 Å². The molecular weight excluding hydrogens is 500 g/mol. The first-order chi connectivity index (χ1) is 18.3. The fraction of sp³-hybridized carbons (Fsp3) is 0.625. The number of allylic oxidation sites excluding steroid dienone is 4. The second-order valence-electron chi connectivity index (χ2n) is 13.5. The van der Waals surface area contributed by atoms with Crippen LogP contribution in [0.2, 0.25) is 0 Å². The first-order valence-corrected chi connectivity index (χ1v) is 14.2. The van der Waals surface area contributed by atoms with Crippen molar-refractivity contribution < 1.29 is 28.6 Å². The number of ketones is 2. The predicted octanol–water partition coefficient (Wildman–Crippen LogP) is 4.37. The predicted molar refractivity (Wildman–Crippen MR) is 143 cm³/mol. The number of hydrogen-bond acceptors (Lipinski definition) is 5. The molecule has 7 heteroatoms. The molecule has 1 heterocycles. The van der Waals surface area contributed by atoms with E-state index in [9.17, 15) is 19.8 Å². The third kappa shape index (κ3) is 3.05. The van der Waals surface area contributed by atoms with E-state index in [4.69, 9.17) is 0 Å². The minimum Gasteiger partial charge on any atom is -0.390 e. The Kier molecular flexibility index (Phi) is 5.81. The molecule has 5 nitrogen and oxygen atoms in total. The van der Waals surface area contributed by atoms with Gasteiger partial charge in [-0.2, -0.15) is 0 Å². The maximum atomic E-state index is 17.8. The fourth-order valence-corrected chi connectivity index (χ4v) is 10.2. The summed E-state index contributed by atoms with van der Waals surface area (Å²) in [6.45, 7) is 8.07. The Labute approximate surface area is 229 Å². The van der Waals surface area contributed by atoms with Gasteiger partial charge < -0.3 is 10.2 Å². The van der Waals surface area contributed by atoms with Crippen LogP contribution in [0.15, 0.2) is 54.1 Å². The number of carbonyl (C=O) groups is 2. The van der Waals surface area contributed by atoms with Crippen LogP contribution in [0.5, 0.6) is 0 Å². The normalized spacial score (nSPS) is 48.7. The highest BCUT2D eigenvalue weighted by molar-refractivity contribution is 6.01. The smallest absolute Gasteiger partial charge is 0.178 e. The lowest BCUT2D eigenvalue weighted by Gasteiger charge is -2.67. The summed E-state index contributed by atoms with van der Waals surface area (Å²) in [5.74, 6) is -1.71. The number of Topliss-reactive ketones (excluding diaryl/α,β-unsaturated/α-hetero) is 1. The number of benzene rings is 1. The molecule has 6 rings (SSSR count). The summed E-state index contributed by atoms with van der Waals surface area (Å²) >= 11 is 0. The van der Waals surface area contributed by atoms with Crippen LogP contribution >= 0.6 is 0 Å². The zero-order valence-electron chi connectivity index (χ0n) is 23.2. The van der Waals surface area contributed by atoms with Crippen LogP contribution in [0.1, 0.15) is 52.5 Å². The van der Waals surface area contributed by atoms with Crippen molar-refractivity contribution >= 4 is 11.6 Å². The van der Waals surface area contributed by atoms with Crippen molar-refractivity contribution in [2.75, 3.05) is 13.2 Å². The lowest BCUT2D eigenvalue weighted by atomic mass is 9.38. The molecule has 0 radical (unpaired) electrons. The van der Waals surface area contributed by atoms with E-state index < -0.39 is 52.1 Å². The third-order valence-electron chi connectivity index (χ3n) is 12.4. The van der Waals surface area contributed by atoms with Gasteiger partial charge in [-0.25, -0.2) is 8.78 Å². The SMILES string of the molecule is CC1C2CC3(C)C4CC(F)C5=CC(=O)C=CC5(C)C4(F)C(O)CC3(C)C2(C(=O)CO)CN1Cc1ccccc1. The molecule has 0 spiro atoms. The largest absolute Gasteiger partial charge is 0.390 e. The molecular formula is C32H39F2NO4. The number of carbonyl (C=O) groups excluding carboxylic acids is 2. The van der Waals surface area contributed by atoms with E-state index in [1.807, 2.05) is 44.2 Å². The minimum atomic E-state index is -2.21. The summed E-state index contributed by atoms with van der Waals surface area (Å²) in [6, 6.07) is 9.99. The van der Waals surface area contributed by atoms with E-state index >= 15 is 8.78 Å². The highest BCUT2D eigenvalue weighted by Gasteiger charge is 2.82. The Morgan fingerprint density at radius 1 is 1.15 bits per heavy atom. The van der Waals surface area contributed by atoms with Crippen molar-refractivity contribution in [3.05, 3.63) is 59.7 Å². The van der Waals surface area contributed by atoms with Gasteiger partial charge in [0.1, 0.15) is 12.8 Å². The van der Waals surface area contributed by atoms with Gasteiger partial charge in [0.15, 0.2) is 17.2 Å². The maximum Gasteiger partial charge on any atom is 0.178 e. The molecule has 39 heavy (non-hydrogen) atoms. The Hall–Kier alpha value is -2.22. The summed E-state index contributed by atoms with van der Waals surface area (Å²) < 4.78 is 33.7. The number of hydrogen-bond donors (Lipinski definition) is 2. The van der Waals surface area contributed by atoms with Crippen molar-refractivity contribution in [2.45, 2.75) is 77.5 Å². The van der Waals surface area contributed by atoms with Crippen LogP contribution < -0.4 is 0 Å². The fourth-order valence-electron chi connectivity index (χ4n) is 10.2. The molecule has 2 N–H and O–H groups in total. The maximum absolute atomic E-state index is 17.8. The quantitative estimate of drug-likeness (QED) is 0.594. The van der Waals surface area contributed by atoms with Crippen LogP contribution in [0.4, 0.5) is 8.78 Å². The lowest BCUT2D eigenvalue weighted by Crippen LogP contribution is -2.72. The first kappa shape index (κ1) is 27.0. The average molecular weight is 540 g/mol. The molecule has 0 amide bonds. The number of likely N-dealkylation sites (tertiary alicyclic amines) is 1. The van der Waals surface area contributed by atoms with E-state index in [1.165, 1.54) is 18.2 Å². The van der Waals surface area contributed by atoms with Crippen molar-refractivity contribution in [3.63, 3.8) is 0 Å².